The molecule has 1 rings (SSSR count). The third kappa shape index (κ3) is 5.77. The smallest absolute Gasteiger partial charge is 0.317 e. The second kappa shape index (κ2) is 6.92. The van der Waals surface area contributed by atoms with Crippen LogP contribution in [0.3, 0.4) is 0 Å². The van der Waals surface area contributed by atoms with Gasteiger partial charge in [-0.15, -0.1) is 0 Å². The molecule has 1 fully saturated rings. The molecule has 1 aliphatic rings. The predicted molar refractivity (Wildman–Crippen MR) is 75.4 cm³/mol. The number of nitrogens with zero attached hydrogens (tertiary/aromatic N) is 1. The Morgan fingerprint density at radius 2 is 2.05 bits per heavy atom. The summed E-state index contributed by atoms with van der Waals surface area (Å²) in [5.74, 6) is -0.502. The number of urea groups is 1. The van der Waals surface area contributed by atoms with Crippen molar-refractivity contribution >= 4 is 12.0 Å². The summed E-state index contributed by atoms with van der Waals surface area (Å²) in [5, 5.41) is 21.5. The summed E-state index contributed by atoms with van der Waals surface area (Å²) >= 11 is 0. The minimum Gasteiger partial charge on any atom is -0.481 e. The highest BCUT2D eigenvalue weighted by molar-refractivity contribution is 5.74. The topological polar surface area (TPSA) is 89.9 Å². The van der Waals surface area contributed by atoms with Crippen molar-refractivity contribution in [2.24, 2.45) is 11.8 Å². The average Bonchev–Trinajstić information content (AvgIpc) is 2.64. The second-order valence-electron chi connectivity index (χ2n) is 6.45. The molecule has 0 radical (unpaired) electrons. The largest absolute Gasteiger partial charge is 0.481 e. The molecule has 2 amide bonds. The number of aliphatic hydroxyl groups is 1. The normalized spacial score (nSPS) is 23.9. The summed E-state index contributed by atoms with van der Waals surface area (Å²) in [7, 11) is 0. The van der Waals surface area contributed by atoms with Gasteiger partial charge in [0.25, 0.3) is 0 Å². The first-order valence-electron chi connectivity index (χ1n) is 7.16. The molecule has 2 atom stereocenters. The molecule has 0 spiro atoms. The molecule has 0 aromatic heterocycles. The predicted octanol–water partition coefficient (Wildman–Crippen LogP) is 1.29. The van der Waals surface area contributed by atoms with E-state index in [-0.39, 0.29) is 18.4 Å². The van der Waals surface area contributed by atoms with Gasteiger partial charge in [-0.2, -0.15) is 0 Å². The Kier molecular flexibility index (Phi) is 5.80. The molecule has 1 saturated heterocycles. The zero-order valence-electron chi connectivity index (χ0n) is 12.6. The third-order valence-electron chi connectivity index (χ3n) is 3.55. The van der Waals surface area contributed by atoms with E-state index in [0.717, 1.165) is 6.42 Å². The zero-order chi connectivity index (χ0) is 15.3. The highest BCUT2D eigenvalue weighted by Crippen LogP contribution is 2.20. The van der Waals surface area contributed by atoms with Crippen LogP contribution in [0.15, 0.2) is 0 Å². The van der Waals surface area contributed by atoms with Gasteiger partial charge in [0.05, 0.1) is 12.1 Å². The molecule has 2 unspecified atom stereocenters. The number of β-amino-alcohol motifs (C(OH)–C–C–N with tert-alkyl or cyclic N) is 1. The Morgan fingerprint density at radius 1 is 1.40 bits per heavy atom. The van der Waals surface area contributed by atoms with Crippen molar-refractivity contribution in [1.82, 2.24) is 10.2 Å². The van der Waals surface area contributed by atoms with Crippen molar-refractivity contribution in [3.05, 3.63) is 0 Å². The van der Waals surface area contributed by atoms with Crippen molar-refractivity contribution < 1.29 is 19.8 Å². The molecule has 0 aromatic carbocycles. The Bertz CT molecular complexity index is 355. The summed E-state index contributed by atoms with van der Waals surface area (Å²) in [4.78, 5) is 24.4. The van der Waals surface area contributed by atoms with E-state index in [9.17, 15) is 14.7 Å². The van der Waals surface area contributed by atoms with E-state index in [1.807, 2.05) is 13.8 Å². The number of aliphatic carboxylic acids is 1. The Balaban J connectivity index is 2.42. The van der Waals surface area contributed by atoms with E-state index >= 15 is 0 Å². The number of likely N-dealkylation sites (tertiary alicyclic amines) is 1. The first-order chi connectivity index (χ1) is 9.19. The fourth-order valence-corrected chi connectivity index (χ4v) is 2.61. The van der Waals surface area contributed by atoms with Crippen LogP contribution in [-0.2, 0) is 4.79 Å². The maximum atomic E-state index is 12.0. The maximum absolute atomic E-state index is 12.0. The first-order valence-corrected chi connectivity index (χ1v) is 7.16. The average molecular weight is 286 g/mol. The lowest BCUT2D eigenvalue weighted by molar-refractivity contribution is -0.138. The molecule has 3 N–H and O–H groups in total. The molecule has 6 nitrogen and oxygen atoms in total. The molecular formula is C14H26N2O4. The van der Waals surface area contributed by atoms with Crippen molar-refractivity contribution in [3.8, 4) is 0 Å². The van der Waals surface area contributed by atoms with Gasteiger partial charge in [-0.25, -0.2) is 4.79 Å². The van der Waals surface area contributed by atoms with E-state index in [1.54, 1.807) is 11.8 Å². The third-order valence-corrected chi connectivity index (χ3v) is 3.55. The molecule has 0 saturated carbocycles. The fraction of sp³-hybridized carbons (Fsp3) is 0.857. The van der Waals surface area contributed by atoms with Crippen molar-refractivity contribution in [2.45, 2.75) is 45.6 Å². The monoisotopic (exact) mass is 286 g/mol. The van der Waals surface area contributed by atoms with Crippen molar-refractivity contribution in [3.63, 3.8) is 0 Å². The number of carbonyl (C=O) groups excluding carboxylic acids is 1. The second-order valence-corrected chi connectivity index (χ2v) is 6.45. The minimum absolute atomic E-state index is 0.0560. The van der Waals surface area contributed by atoms with Crippen molar-refractivity contribution in [1.29, 1.82) is 0 Å². The molecule has 116 valence electrons. The van der Waals surface area contributed by atoms with E-state index in [2.05, 4.69) is 5.32 Å². The van der Waals surface area contributed by atoms with Crippen LogP contribution in [0.5, 0.6) is 0 Å². The number of nitrogens with one attached hydrogen (secondary N) is 1. The lowest BCUT2D eigenvalue weighted by Crippen LogP contribution is -2.42. The van der Waals surface area contributed by atoms with Crippen LogP contribution in [0.25, 0.3) is 0 Å². The van der Waals surface area contributed by atoms with Gasteiger partial charge in [0.2, 0.25) is 0 Å². The molecule has 1 aliphatic heterocycles. The summed E-state index contributed by atoms with van der Waals surface area (Å²) in [6.45, 7) is 7.01. The van der Waals surface area contributed by atoms with Gasteiger partial charge in [0.15, 0.2) is 0 Å². The SMILES string of the molecule is CC(C)CC(CNC(=O)N1CCC(C)(O)C1)CC(=O)O. The van der Waals surface area contributed by atoms with Crippen LogP contribution in [0.4, 0.5) is 4.79 Å². The molecular weight excluding hydrogens is 260 g/mol. The number of carbonyl (C=O) groups is 2. The van der Waals surface area contributed by atoms with Gasteiger partial charge in [0, 0.05) is 19.5 Å². The van der Waals surface area contributed by atoms with Crippen LogP contribution in [-0.4, -0.2) is 52.3 Å². The number of hydrogen-bond acceptors (Lipinski definition) is 3. The number of carboxylic acids is 1. The molecule has 0 aromatic rings. The van der Waals surface area contributed by atoms with Gasteiger partial charge < -0.3 is 20.4 Å². The zero-order valence-corrected chi connectivity index (χ0v) is 12.6. The van der Waals surface area contributed by atoms with Crippen molar-refractivity contribution in [2.75, 3.05) is 19.6 Å². The number of carboxylic acid groups (broad SMARTS) is 1. The molecule has 0 aliphatic carbocycles. The number of amides is 2. The Hall–Kier alpha value is -1.30. The minimum atomic E-state index is -0.839. The van der Waals surface area contributed by atoms with Gasteiger partial charge in [0.1, 0.15) is 0 Å². The van der Waals surface area contributed by atoms with Gasteiger partial charge in [-0.1, -0.05) is 13.8 Å². The van der Waals surface area contributed by atoms with E-state index in [1.165, 1.54) is 0 Å². The molecule has 6 heteroatoms. The van der Waals surface area contributed by atoms with Gasteiger partial charge in [-0.3, -0.25) is 4.79 Å². The van der Waals surface area contributed by atoms with Gasteiger partial charge in [-0.05, 0) is 31.6 Å². The highest BCUT2D eigenvalue weighted by atomic mass is 16.4. The van der Waals surface area contributed by atoms with Crippen LogP contribution < -0.4 is 5.32 Å². The number of rotatable bonds is 6. The lowest BCUT2D eigenvalue weighted by Gasteiger charge is -2.22. The van der Waals surface area contributed by atoms with Gasteiger partial charge >= 0.3 is 12.0 Å². The standard InChI is InChI=1S/C14H26N2O4/c1-10(2)6-11(7-12(17)18)8-15-13(19)16-5-4-14(3,20)9-16/h10-11,20H,4-9H2,1-3H3,(H,15,19)(H,17,18). The fourth-order valence-electron chi connectivity index (χ4n) is 2.61. The molecule has 0 bridgehead atoms. The summed E-state index contributed by atoms with van der Waals surface area (Å²) < 4.78 is 0. The summed E-state index contributed by atoms with van der Waals surface area (Å²) in [6.07, 6.45) is 1.41. The first kappa shape index (κ1) is 16.8. The molecule has 20 heavy (non-hydrogen) atoms. The van der Waals surface area contributed by atoms with E-state index in [0.29, 0.717) is 32.0 Å². The highest BCUT2D eigenvalue weighted by Gasteiger charge is 2.34. The van der Waals surface area contributed by atoms with Crippen LogP contribution in [0.2, 0.25) is 0 Å². The Morgan fingerprint density at radius 3 is 2.50 bits per heavy atom. The molecule has 1 heterocycles. The quantitative estimate of drug-likeness (QED) is 0.686. The number of hydrogen-bond donors (Lipinski definition) is 3. The maximum Gasteiger partial charge on any atom is 0.317 e. The van der Waals surface area contributed by atoms with E-state index in [4.69, 9.17) is 5.11 Å². The van der Waals surface area contributed by atoms with Crippen LogP contribution in [0, 0.1) is 11.8 Å². The Labute approximate surface area is 120 Å². The summed E-state index contributed by atoms with van der Waals surface area (Å²) in [5.41, 5.74) is -0.810. The van der Waals surface area contributed by atoms with Crippen LogP contribution in [0.1, 0.15) is 40.0 Å². The summed E-state index contributed by atoms with van der Waals surface area (Å²) in [6, 6.07) is -0.220. The van der Waals surface area contributed by atoms with Crippen LogP contribution >= 0.6 is 0 Å². The van der Waals surface area contributed by atoms with E-state index < -0.39 is 11.6 Å². The lowest BCUT2D eigenvalue weighted by atomic mass is 9.94.